The molecule has 0 aliphatic heterocycles. The molecule has 80 valence electrons. The van der Waals surface area contributed by atoms with E-state index in [1.54, 1.807) is 12.1 Å². The molecule has 0 aromatic carbocycles. The molecule has 0 saturated heterocycles. The summed E-state index contributed by atoms with van der Waals surface area (Å²) in [5.74, 6) is 0. The van der Waals surface area contributed by atoms with E-state index in [4.69, 9.17) is 10.5 Å². The summed E-state index contributed by atoms with van der Waals surface area (Å²) < 4.78 is 0. The van der Waals surface area contributed by atoms with E-state index in [1.807, 2.05) is 6.92 Å². The second-order valence-electron chi connectivity index (χ2n) is 2.85. The Hall–Kier alpha value is -2.18. The first kappa shape index (κ1) is 11.9. The highest BCUT2D eigenvalue weighted by atomic mass is 32.1. The van der Waals surface area contributed by atoms with Crippen LogP contribution in [0, 0.1) is 32.8 Å². The highest BCUT2D eigenvalue weighted by Crippen LogP contribution is 2.30. The molecule has 0 spiro atoms. The average Bonchev–Trinajstić information content (AvgIpc) is 2.69. The normalized spacial score (nSPS) is 8.94. The number of hydrogen-bond acceptors (Lipinski definition) is 5. The van der Waals surface area contributed by atoms with Crippen molar-refractivity contribution < 1.29 is 4.92 Å². The van der Waals surface area contributed by atoms with E-state index in [0.717, 1.165) is 0 Å². The summed E-state index contributed by atoms with van der Waals surface area (Å²) in [6, 6.07) is 4.81. The molecule has 1 aromatic heterocycles. The Morgan fingerprint density at radius 3 is 2.62 bits per heavy atom. The van der Waals surface area contributed by atoms with Gasteiger partial charge in [0.1, 0.15) is 17.7 Å². The summed E-state index contributed by atoms with van der Waals surface area (Å²) in [7, 11) is 0. The number of nitro groups is 1. The van der Waals surface area contributed by atoms with Crippen molar-refractivity contribution in [2.75, 3.05) is 0 Å². The van der Waals surface area contributed by atoms with Gasteiger partial charge in [0.05, 0.1) is 9.80 Å². The van der Waals surface area contributed by atoms with Crippen LogP contribution in [0.25, 0.3) is 6.08 Å². The van der Waals surface area contributed by atoms with Gasteiger partial charge in [-0.05, 0) is 12.5 Å². The lowest BCUT2D eigenvalue weighted by atomic mass is 10.2. The largest absolute Gasteiger partial charge is 0.283 e. The maximum absolute atomic E-state index is 10.7. The van der Waals surface area contributed by atoms with E-state index < -0.39 is 4.92 Å². The van der Waals surface area contributed by atoms with Crippen molar-refractivity contribution in [3.8, 4) is 12.1 Å². The van der Waals surface area contributed by atoms with E-state index >= 15 is 0 Å². The van der Waals surface area contributed by atoms with Gasteiger partial charge < -0.3 is 0 Å². The zero-order valence-electron chi connectivity index (χ0n) is 8.43. The number of thiophene rings is 1. The second kappa shape index (κ2) is 5.06. The molecule has 0 aliphatic carbocycles. The van der Waals surface area contributed by atoms with Crippen LogP contribution in [0.4, 0.5) is 5.69 Å². The Balaban J connectivity index is 3.21. The standard InChI is InChI=1S/C10H7N3O2S/c1-2-10-9(13(14)15)4-8(16-10)3-7(5-11)6-12/h3-4H,2H2,1H3. The molecule has 0 saturated carbocycles. The molecule has 0 N–H and O–H groups in total. The summed E-state index contributed by atoms with van der Waals surface area (Å²) >= 11 is 1.23. The van der Waals surface area contributed by atoms with Gasteiger partial charge in [-0.15, -0.1) is 11.3 Å². The Morgan fingerprint density at radius 1 is 1.62 bits per heavy atom. The molecule has 0 radical (unpaired) electrons. The number of aryl methyl sites for hydroxylation is 1. The van der Waals surface area contributed by atoms with Crippen molar-refractivity contribution in [3.63, 3.8) is 0 Å². The third-order valence-corrected chi connectivity index (χ3v) is 3.07. The summed E-state index contributed by atoms with van der Waals surface area (Å²) in [5.41, 5.74) is -0.00668. The maximum Gasteiger partial charge on any atom is 0.283 e. The quantitative estimate of drug-likeness (QED) is 0.456. The highest BCUT2D eigenvalue weighted by molar-refractivity contribution is 7.13. The summed E-state index contributed by atoms with van der Waals surface area (Å²) in [6.45, 7) is 1.82. The molecule has 0 aliphatic rings. The average molecular weight is 233 g/mol. The van der Waals surface area contributed by atoms with Crippen molar-refractivity contribution >= 4 is 23.1 Å². The van der Waals surface area contributed by atoms with Crippen LogP contribution in [-0.2, 0) is 6.42 Å². The molecule has 1 rings (SSSR count). The molecular formula is C10H7N3O2S. The second-order valence-corrected chi connectivity index (χ2v) is 4.02. The van der Waals surface area contributed by atoms with Gasteiger partial charge >= 0.3 is 0 Å². The Labute approximate surface area is 96.0 Å². The third kappa shape index (κ3) is 2.44. The van der Waals surface area contributed by atoms with Gasteiger partial charge in [-0.3, -0.25) is 10.1 Å². The topological polar surface area (TPSA) is 90.7 Å². The zero-order valence-corrected chi connectivity index (χ0v) is 9.24. The minimum Gasteiger partial charge on any atom is -0.258 e. The smallest absolute Gasteiger partial charge is 0.258 e. The molecule has 16 heavy (non-hydrogen) atoms. The molecule has 6 heteroatoms. The highest BCUT2D eigenvalue weighted by Gasteiger charge is 2.16. The lowest BCUT2D eigenvalue weighted by Gasteiger charge is -1.88. The number of nitriles is 2. The first-order chi connectivity index (χ1) is 7.62. The van der Waals surface area contributed by atoms with Crippen LogP contribution in [0.2, 0.25) is 0 Å². The first-order valence-corrected chi connectivity index (χ1v) is 5.23. The summed E-state index contributed by atoms with van der Waals surface area (Å²) in [6.07, 6.45) is 1.92. The van der Waals surface area contributed by atoms with Crippen LogP contribution < -0.4 is 0 Å². The van der Waals surface area contributed by atoms with Gasteiger partial charge in [-0.25, -0.2) is 0 Å². The number of rotatable bonds is 3. The van der Waals surface area contributed by atoms with Crippen LogP contribution >= 0.6 is 11.3 Å². The van der Waals surface area contributed by atoms with Gasteiger partial charge in [0.2, 0.25) is 0 Å². The SMILES string of the molecule is CCc1sc(C=C(C#N)C#N)cc1[N+](=O)[O-]. The van der Waals surface area contributed by atoms with Crippen LogP contribution in [0.3, 0.4) is 0 Å². The van der Waals surface area contributed by atoms with E-state index in [1.165, 1.54) is 23.5 Å². The fraction of sp³-hybridized carbons (Fsp3) is 0.200. The number of hydrogen-bond donors (Lipinski definition) is 0. The van der Waals surface area contributed by atoms with E-state index in [9.17, 15) is 10.1 Å². The molecule has 0 amide bonds. The number of allylic oxidation sites excluding steroid dienone is 1. The van der Waals surface area contributed by atoms with E-state index in [2.05, 4.69) is 0 Å². The van der Waals surface area contributed by atoms with Gasteiger partial charge in [0, 0.05) is 10.9 Å². The monoisotopic (exact) mass is 233 g/mol. The maximum atomic E-state index is 10.7. The molecule has 0 fully saturated rings. The molecule has 0 bridgehead atoms. The summed E-state index contributed by atoms with van der Waals surface area (Å²) in [5, 5.41) is 27.8. The van der Waals surface area contributed by atoms with E-state index in [-0.39, 0.29) is 11.3 Å². The van der Waals surface area contributed by atoms with Crippen molar-refractivity contribution in [3.05, 3.63) is 31.5 Å². The Kier molecular flexibility index (Phi) is 3.76. The predicted molar refractivity (Wildman–Crippen MR) is 59.6 cm³/mol. The summed E-state index contributed by atoms with van der Waals surface area (Å²) in [4.78, 5) is 11.4. The van der Waals surface area contributed by atoms with Crippen molar-refractivity contribution in [1.29, 1.82) is 10.5 Å². The van der Waals surface area contributed by atoms with Crippen LogP contribution in [0.5, 0.6) is 0 Å². The van der Waals surface area contributed by atoms with Crippen molar-refractivity contribution in [2.24, 2.45) is 0 Å². The number of nitrogens with zero attached hydrogens (tertiary/aromatic N) is 3. The van der Waals surface area contributed by atoms with Crippen LogP contribution in [0.15, 0.2) is 11.6 Å². The Bertz CT molecular complexity index is 515. The molecule has 1 aromatic rings. The molecule has 0 atom stereocenters. The lowest BCUT2D eigenvalue weighted by molar-refractivity contribution is -0.385. The third-order valence-electron chi connectivity index (χ3n) is 1.85. The molecular weight excluding hydrogens is 226 g/mol. The molecule has 1 heterocycles. The zero-order chi connectivity index (χ0) is 12.1. The van der Waals surface area contributed by atoms with E-state index in [0.29, 0.717) is 16.2 Å². The molecule has 0 unspecified atom stereocenters. The fourth-order valence-corrected chi connectivity index (χ4v) is 2.16. The van der Waals surface area contributed by atoms with Gasteiger partial charge in [0.25, 0.3) is 5.69 Å². The van der Waals surface area contributed by atoms with Crippen molar-refractivity contribution in [1.82, 2.24) is 0 Å². The van der Waals surface area contributed by atoms with Gasteiger partial charge in [-0.2, -0.15) is 10.5 Å². The van der Waals surface area contributed by atoms with Gasteiger partial charge in [0.15, 0.2) is 0 Å². The van der Waals surface area contributed by atoms with Crippen LogP contribution in [-0.4, -0.2) is 4.92 Å². The minimum absolute atomic E-state index is 0.0500. The minimum atomic E-state index is -0.453. The first-order valence-electron chi connectivity index (χ1n) is 4.41. The van der Waals surface area contributed by atoms with Gasteiger partial charge in [-0.1, -0.05) is 6.92 Å². The molecule has 5 nitrogen and oxygen atoms in total. The van der Waals surface area contributed by atoms with Crippen LogP contribution in [0.1, 0.15) is 16.7 Å². The lowest BCUT2D eigenvalue weighted by Crippen LogP contribution is -1.88. The Morgan fingerprint density at radius 2 is 2.25 bits per heavy atom. The fourth-order valence-electron chi connectivity index (χ4n) is 1.15. The predicted octanol–water partition coefficient (Wildman–Crippen LogP) is 2.65. The van der Waals surface area contributed by atoms with Crippen molar-refractivity contribution in [2.45, 2.75) is 13.3 Å².